The summed E-state index contributed by atoms with van der Waals surface area (Å²) in [6, 6.07) is 27.0. The normalized spacial score (nSPS) is 18.2. The second kappa shape index (κ2) is 10.3. The van der Waals surface area contributed by atoms with Gasteiger partial charge in [-0.1, -0.05) is 86.2 Å². The van der Waals surface area contributed by atoms with Gasteiger partial charge in [0, 0.05) is 12.1 Å². The van der Waals surface area contributed by atoms with Crippen LogP contribution in [-0.4, -0.2) is 9.78 Å². The summed E-state index contributed by atoms with van der Waals surface area (Å²) < 4.78 is 31.7. The monoisotopic (exact) mass is 542 g/mol. The summed E-state index contributed by atoms with van der Waals surface area (Å²) in [5.74, 6) is -0.830. The van der Waals surface area contributed by atoms with Gasteiger partial charge in [0.1, 0.15) is 11.6 Å². The van der Waals surface area contributed by atoms with Crippen molar-refractivity contribution in [2.75, 3.05) is 0 Å². The van der Waals surface area contributed by atoms with E-state index in [1.165, 1.54) is 51.2 Å². The third-order valence-electron chi connectivity index (χ3n) is 8.82. The molecule has 204 valence electrons. The van der Waals surface area contributed by atoms with Crippen molar-refractivity contribution in [1.82, 2.24) is 9.78 Å². The lowest BCUT2D eigenvalue weighted by atomic mass is 9.67. The third-order valence-corrected chi connectivity index (χ3v) is 8.82. The van der Waals surface area contributed by atoms with E-state index < -0.39 is 5.82 Å². The van der Waals surface area contributed by atoms with Gasteiger partial charge in [-0.3, -0.25) is 0 Å². The summed E-state index contributed by atoms with van der Waals surface area (Å²) >= 11 is 0. The maximum atomic E-state index is 15.3. The average Bonchev–Trinajstić information content (AvgIpc) is 3.43. The van der Waals surface area contributed by atoms with Gasteiger partial charge in [0.25, 0.3) is 0 Å². The predicted molar refractivity (Wildman–Crippen MR) is 162 cm³/mol. The number of aryl methyl sites for hydroxylation is 1. The molecule has 0 spiro atoms. The van der Waals surface area contributed by atoms with Gasteiger partial charge in [-0.25, -0.2) is 13.5 Å². The molecular formula is C37H32F2N2. The molecule has 0 N–H and O–H groups in total. The quantitative estimate of drug-likeness (QED) is 0.216. The van der Waals surface area contributed by atoms with E-state index in [9.17, 15) is 4.39 Å². The van der Waals surface area contributed by atoms with E-state index in [1.54, 1.807) is 0 Å². The van der Waals surface area contributed by atoms with Crippen LogP contribution in [0, 0.1) is 17.6 Å². The van der Waals surface area contributed by atoms with Gasteiger partial charge in [0.2, 0.25) is 0 Å². The fourth-order valence-corrected chi connectivity index (χ4v) is 6.91. The molecule has 4 heteroatoms. The molecule has 1 aromatic heterocycles. The van der Waals surface area contributed by atoms with Crippen molar-refractivity contribution in [2.24, 2.45) is 5.92 Å². The van der Waals surface area contributed by atoms with Gasteiger partial charge < -0.3 is 0 Å². The summed E-state index contributed by atoms with van der Waals surface area (Å²) in [5, 5.41) is 7.55. The topological polar surface area (TPSA) is 17.8 Å². The summed E-state index contributed by atoms with van der Waals surface area (Å²) in [5.41, 5.74) is 8.82. The van der Waals surface area contributed by atoms with E-state index in [1.807, 2.05) is 22.9 Å². The Bertz CT molecular complexity index is 1830. The second-order valence-corrected chi connectivity index (χ2v) is 11.6. The van der Waals surface area contributed by atoms with Crippen LogP contribution in [0.15, 0.2) is 109 Å². The fourth-order valence-electron chi connectivity index (χ4n) is 6.91. The predicted octanol–water partition coefficient (Wildman–Crippen LogP) is 9.34. The molecule has 0 saturated carbocycles. The van der Waals surface area contributed by atoms with Crippen LogP contribution in [0.4, 0.5) is 8.78 Å². The van der Waals surface area contributed by atoms with Gasteiger partial charge >= 0.3 is 0 Å². The van der Waals surface area contributed by atoms with E-state index in [-0.39, 0.29) is 23.6 Å². The lowest BCUT2D eigenvalue weighted by molar-refractivity contribution is 0.491. The van der Waals surface area contributed by atoms with Gasteiger partial charge in [0.05, 0.1) is 11.4 Å². The number of para-hydroxylation sites is 1. The Kier molecular flexibility index (Phi) is 6.42. The SMILES string of the molecule is CC(C)c1nn(-c2ccccc2)cc1CC1C2=C(C=CC1c1cc(F)ccc1F)c1ccc3ccccc3c1CC2. The van der Waals surface area contributed by atoms with Crippen LogP contribution < -0.4 is 0 Å². The van der Waals surface area contributed by atoms with E-state index >= 15 is 4.39 Å². The molecule has 0 saturated heterocycles. The van der Waals surface area contributed by atoms with E-state index in [4.69, 9.17) is 5.10 Å². The first kappa shape index (κ1) is 25.6. The number of rotatable bonds is 5. The zero-order chi connectivity index (χ0) is 28.1. The van der Waals surface area contributed by atoms with Crippen LogP contribution in [0.3, 0.4) is 0 Å². The molecule has 0 bridgehead atoms. The van der Waals surface area contributed by atoms with Crippen molar-refractivity contribution in [2.45, 2.75) is 44.9 Å². The summed E-state index contributed by atoms with van der Waals surface area (Å²) in [6.07, 6.45) is 8.91. The summed E-state index contributed by atoms with van der Waals surface area (Å²) in [6.45, 7) is 4.33. The molecule has 2 aliphatic carbocycles. The smallest absolute Gasteiger partial charge is 0.127 e. The number of allylic oxidation sites excluding steroid dienone is 4. The standard InChI is InChI=1S/C37H32F2N2/c1-23(2)37-25(22-41(40-37)27-9-4-3-5-10-27)20-34-32-17-15-29-28-11-7-6-8-24(28)12-14-30(29)31(32)16-18-33(34)35-21-26(38)13-19-36(35)39/h3-14,16,18-19,21-23,33-34H,15,17,20H2,1-2H3. The lowest BCUT2D eigenvalue weighted by Crippen LogP contribution is -2.24. The minimum absolute atomic E-state index is 0.0168. The minimum Gasteiger partial charge on any atom is -0.240 e. The van der Waals surface area contributed by atoms with Gasteiger partial charge in [-0.05, 0) is 100 Å². The van der Waals surface area contributed by atoms with E-state index in [2.05, 4.69) is 80.7 Å². The first-order valence-electron chi connectivity index (χ1n) is 14.5. The van der Waals surface area contributed by atoms with Crippen molar-refractivity contribution in [3.63, 3.8) is 0 Å². The van der Waals surface area contributed by atoms with Crippen LogP contribution in [0.2, 0.25) is 0 Å². The molecule has 2 atom stereocenters. The van der Waals surface area contributed by atoms with E-state index in [0.717, 1.165) is 29.8 Å². The summed E-state index contributed by atoms with van der Waals surface area (Å²) in [7, 11) is 0. The van der Waals surface area contributed by atoms with E-state index in [0.29, 0.717) is 12.0 Å². The van der Waals surface area contributed by atoms with Crippen molar-refractivity contribution >= 4 is 16.3 Å². The highest BCUT2D eigenvalue weighted by Crippen LogP contribution is 2.48. The molecule has 2 aliphatic rings. The highest BCUT2D eigenvalue weighted by molar-refractivity contribution is 5.94. The van der Waals surface area contributed by atoms with Crippen LogP contribution >= 0.6 is 0 Å². The van der Waals surface area contributed by atoms with Crippen molar-refractivity contribution in [3.8, 4) is 5.69 Å². The van der Waals surface area contributed by atoms with Crippen LogP contribution in [0.5, 0.6) is 0 Å². The first-order valence-corrected chi connectivity index (χ1v) is 14.5. The highest BCUT2D eigenvalue weighted by Gasteiger charge is 2.35. The zero-order valence-corrected chi connectivity index (χ0v) is 23.3. The Morgan fingerprint density at radius 2 is 1.71 bits per heavy atom. The molecule has 0 aliphatic heterocycles. The molecule has 2 unspecified atom stereocenters. The highest BCUT2D eigenvalue weighted by atomic mass is 19.1. The molecule has 0 radical (unpaired) electrons. The third kappa shape index (κ3) is 4.52. The Morgan fingerprint density at radius 1 is 0.902 bits per heavy atom. The zero-order valence-electron chi connectivity index (χ0n) is 23.3. The largest absolute Gasteiger partial charge is 0.240 e. The molecule has 0 amide bonds. The Hall–Kier alpha value is -4.31. The molecule has 0 fully saturated rings. The minimum atomic E-state index is -0.409. The second-order valence-electron chi connectivity index (χ2n) is 11.6. The van der Waals surface area contributed by atoms with Gasteiger partial charge in [-0.15, -0.1) is 0 Å². The molecule has 41 heavy (non-hydrogen) atoms. The summed E-state index contributed by atoms with van der Waals surface area (Å²) in [4.78, 5) is 0. The maximum absolute atomic E-state index is 15.3. The van der Waals surface area contributed by atoms with Gasteiger partial charge in [0.15, 0.2) is 0 Å². The Morgan fingerprint density at radius 3 is 2.54 bits per heavy atom. The molecule has 7 rings (SSSR count). The van der Waals surface area contributed by atoms with Crippen LogP contribution in [0.1, 0.15) is 60.1 Å². The van der Waals surface area contributed by atoms with Crippen molar-refractivity contribution in [3.05, 3.63) is 148 Å². The number of halogens is 2. The average molecular weight is 543 g/mol. The maximum Gasteiger partial charge on any atom is 0.127 e. The van der Waals surface area contributed by atoms with Crippen molar-refractivity contribution < 1.29 is 8.78 Å². The molecule has 5 aromatic rings. The first-order chi connectivity index (χ1) is 20.0. The molecule has 4 aromatic carbocycles. The Labute approximate surface area is 239 Å². The number of nitrogens with zero attached hydrogens (tertiary/aromatic N) is 2. The van der Waals surface area contributed by atoms with Crippen molar-refractivity contribution in [1.29, 1.82) is 0 Å². The number of hydrogen-bond acceptors (Lipinski definition) is 1. The number of benzene rings is 4. The fraction of sp³-hybridized carbons (Fsp3) is 0.216. The lowest BCUT2D eigenvalue weighted by Gasteiger charge is -2.36. The molecule has 1 heterocycles. The van der Waals surface area contributed by atoms with Crippen LogP contribution in [0.25, 0.3) is 22.0 Å². The number of aromatic nitrogens is 2. The number of hydrogen-bond donors (Lipinski definition) is 0. The van der Waals surface area contributed by atoms with Gasteiger partial charge in [-0.2, -0.15) is 5.10 Å². The number of fused-ring (bicyclic) bond motifs is 4. The van der Waals surface area contributed by atoms with Crippen LogP contribution in [-0.2, 0) is 12.8 Å². The molecule has 2 nitrogen and oxygen atoms in total. The molecular weight excluding hydrogens is 510 g/mol. The Balaban J connectivity index is 1.38.